The predicted octanol–water partition coefficient (Wildman–Crippen LogP) is 0.538. The van der Waals surface area contributed by atoms with Crippen molar-refractivity contribution in [1.82, 2.24) is 4.90 Å². The van der Waals surface area contributed by atoms with Crippen LogP contribution in [0.1, 0.15) is 26.7 Å². The van der Waals surface area contributed by atoms with Gasteiger partial charge in [-0.2, -0.15) is 0 Å². The van der Waals surface area contributed by atoms with E-state index in [0.717, 1.165) is 6.42 Å². The van der Waals surface area contributed by atoms with Crippen molar-refractivity contribution in [2.24, 2.45) is 0 Å². The number of rotatable bonds is 4. The van der Waals surface area contributed by atoms with Crippen LogP contribution in [0.2, 0.25) is 0 Å². The SMILES string of the molecule is CC(C)OC(=O)C1CCCN1CP(=O)(O)O. The number of esters is 1. The molecule has 0 amide bonds. The number of nitrogens with zero attached hydrogens (tertiary/aromatic N) is 1. The van der Waals surface area contributed by atoms with Crippen LogP contribution in [-0.4, -0.2) is 45.6 Å². The van der Waals surface area contributed by atoms with Crippen LogP contribution in [0.3, 0.4) is 0 Å². The van der Waals surface area contributed by atoms with E-state index in [-0.39, 0.29) is 18.4 Å². The molecule has 1 atom stereocenters. The minimum Gasteiger partial charge on any atom is -0.462 e. The maximum absolute atomic E-state index is 11.6. The van der Waals surface area contributed by atoms with Crippen molar-refractivity contribution >= 4 is 13.6 Å². The Morgan fingerprint density at radius 1 is 1.56 bits per heavy atom. The van der Waals surface area contributed by atoms with Crippen LogP contribution in [0.15, 0.2) is 0 Å². The first-order valence-corrected chi connectivity index (χ1v) is 7.08. The van der Waals surface area contributed by atoms with Crippen molar-refractivity contribution in [3.05, 3.63) is 0 Å². The zero-order chi connectivity index (χ0) is 12.3. The number of hydrogen-bond donors (Lipinski definition) is 2. The molecule has 0 aromatic heterocycles. The molecule has 7 heteroatoms. The third-order valence-electron chi connectivity index (χ3n) is 2.35. The Balaban J connectivity index is 2.58. The molecule has 0 saturated carbocycles. The molecule has 2 N–H and O–H groups in total. The fourth-order valence-corrected chi connectivity index (χ4v) is 2.62. The molecule has 16 heavy (non-hydrogen) atoms. The molecule has 1 aliphatic rings. The van der Waals surface area contributed by atoms with Crippen molar-refractivity contribution in [2.45, 2.75) is 38.8 Å². The number of carbonyl (C=O) groups is 1. The van der Waals surface area contributed by atoms with Gasteiger partial charge in [0, 0.05) is 0 Å². The summed E-state index contributed by atoms with van der Waals surface area (Å²) in [5.74, 6) is -0.388. The minimum absolute atomic E-state index is 0.204. The van der Waals surface area contributed by atoms with Crippen LogP contribution in [0, 0.1) is 0 Å². The molecule has 0 aromatic carbocycles. The molecule has 1 unspecified atom stereocenters. The van der Waals surface area contributed by atoms with E-state index in [1.165, 1.54) is 4.90 Å². The zero-order valence-electron chi connectivity index (χ0n) is 9.50. The predicted molar refractivity (Wildman–Crippen MR) is 57.9 cm³/mol. The molecular formula is C9H18NO5P. The molecular weight excluding hydrogens is 233 g/mol. The van der Waals surface area contributed by atoms with Crippen molar-refractivity contribution in [3.63, 3.8) is 0 Å². The Morgan fingerprint density at radius 3 is 2.69 bits per heavy atom. The summed E-state index contributed by atoms with van der Waals surface area (Å²) in [6.07, 6.45) is 0.791. The number of ether oxygens (including phenoxy) is 1. The summed E-state index contributed by atoms with van der Waals surface area (Å²) in [6, 6.07) is -0.505. The summed E-state index contributed by atoms with van der Waals surface area (Å²) >= 11 is 0. The Morgan fingerprint density at radius 2 is 2.19 bits per heavy atom. The van der Waals surface area contributed by atoms with Crippen LogP contribution in [0.4, 0.5) is 0 Å². The third kappa shape index (κ3) is 4.22. The molecule has 1 heterocycles. The van der Waals surface area contributed by atoms with Crippen molar-refractivity contribution in [2.75, 3.05) is 12.8 Å². The fourth-order valence-electron chi connectivity index (χ4n) is 1.81. The fraction of sp³-hybridized carbons (Fsp3) is 0.889. The van der Waals surface area contributed by atoms with Gasteiger partial charge in [-0.05, 0) is 33.2 Å². The standard InChI is InChI=1S/C9H18NO5P/c1-7(2)15-9(11)8-4-3-5-10(8)6-16(12,13)14/h7-8H,3-6H2,1-2H3,(H2,12,13,14). The highest BCUT2D eigenvalue weighted by Crippen LogP contribution is 2.37. The quantitative estimate of drug-likeness (QED) is 0.560. The molecule has 1 fully saturated rings. The van der Waals surface area contributed by atoms with Gasteiger partial charge in [0.1, 0.15) is 12.3 Å². The number of likely N-dealkylation sites (tertiary alicyclic amines) is 1. The van der Waals surface area contributed by atoms with Gasteiger partial charge in [-0.15, -0.1) is 0 Å². The molecule has 0 aliphatic carbocycles. The summed E-state index contributed by atoms with van der Waals surface area (Å²) in [6.45, 7) is 4.03. The lowest BCUT2D eigenvalue weighted by Crippen LogP contribution is -2.38. The first-order chi connectivity index (χ1) is 7.29. The monoisotopic (exact) mass is 251 g/mol. The summed E-state index contributed by atoms with van der Waals surface area (Å²) in [4.78, 5) is 30.9. The van der Waals surface area contributed by atoms with Crippen molar-refractivity contribution < 1.29 is 23.9 Å². The van der Waals surface area contributed by atoms with Gasteiger partial charge in [0.05, 0.1) is 6.10 Å². The Kier molecular flexibility index (Phi) is 4.50. The molecule has 94 valence electrons. The van der Waals surface area contributed by atoms with E-state index in [1.807, 2.05) is 0 Å². The maximum Gasteiger partial charge on any atom is 0.339 e. The van der Waals surface area contributed by atoms with Gasteiger partial charge in [-0.1, -0.05) is 0 Å². The van der Waals surface area contributed by atoms with E-state index in [2.05, 4.69) is 0 Å². The second-order valence-corrected chi connectivity index (χ2v) is 5.87. The molecule has 0 aromatic rings. The van der Waals surface area contributed by atoms with Crippen LogP contribution < -0.4 is 0 Å². The summed E-state index contributed by atoms with van der Waals surface area (Å²) in [5.41, 5.74) is 0. The summed E-state index contributed by atoms with van der Waals surface area (Å²) in [5, 5.41) is 0. The second-order valence-electron chi connectivity index (χ2n) is 4.26. The second kappa shape index (κ2) is 5.27. The van der Waals surface area contributed by atoms with Gasteiger partial charge in [0.2, 0.25) is 0 Å². The highest BCUT2D eigenvalue weighted by atomic mass is 31.2. The van der Waals surface area contributed by atoms with Crippen molar-refractivity contribution in [3.8, 4) is 0 Å². The summed E-state index contributed by atoms with van der Waals surface area (Å²) in [7, 11) is -4.11. The lowest BCUT2D eigenvalue weighted by Gasteiger charge is -2.23. The zero-order valence-corrected chi connectivity index (χ0v) is 10.4. The highest BCUT2D eigenvalue weighted by molar-refractivity contribution is 7.51. The van der Waals surface area contributed by atoms with E-state index in [4.69, 9.17) is 14.5 Å². The minimum atomic E-state index is -4.11. The maximum atomic E-state index is 11.6. The number of carbonyl (C=O) groups excluding carboxylic acids is 1. The normalized spacial score (nSPS) is 22.7. The highest BCUT2D eigenvalue weighted by Gasteiger charge is 2.35. The number of hydrogen-bond acceptors (Lipinski definition) is 4. The molecule has 0 radical (unpaired) electrons. The first kappa shape index (κ1) is 13.6. The van der Waals surface area contributed by atoms with Gasteiger partial charge in [-0.25, -0.2) is 0 Å². The van der Waals surface area contributed by atoms with Gasteiger partial charge in [-0.3, -0.25) is 14.3 Å². The van der Waals surface area contributed by atoms with Gasteiger partial charge in [0.15, 0.2) is 0 Å². The third-order valence-corrected chi connectivity index (χ3v) is 3.09. The van der Waals surface area contributed by atoms with Crippen LogP contribution in [0.5, 0.6) is 0 Å². The lowest BCUT2D eigenvalue weighted by atomic mass is 10.2. The average Bonchev–Trinajstić information content (AvgIpc) is 2.47. The molecule has 0 spiro atoms. The van der Waals surface area contributed by atoms with Gasteiger partial charge >= 0.3 is 13.6 Å². The molecule has 1 aliphatic heterocycles. The van der Waals surface area contributed by atoms with Gasteiger partial charge < -0.3 is 14.5 Å². The van der Waals surface area contributed by atoms with Crippen LogP contribution >= 0.6 is 7.60 Å². The molecule has 1 saturated heterocycles. The largest absolute Gasteiger partial charge is 0.462 e. The van der Waals surface area contributed by atoms with Gasteiger partial charge in [0.25, 0.3) is 0 Å². The van der Waals surface area contributed by atoms with E-state index >= 15 is 0 Å². The average molecular weight is 251 g/mol. The summed E-state index contributed by atoms with van der Waals surface area (Å²) < 4.78 is 15.9. The molecule has 6 nitrogen and oxygen atoms in total. The van der Waals surface area contributed by atoms with E-state index in [9.17, 15) is 9.36 Å². The molecule has 1 rings (SSSR count). The van der Waals surface area contributed by atoms with E-state index in [0.29, 0.717) is 13.0 Å². The Bertz CT molecular complexity index is 300. The van der Waals surface area contributed by atoms with Crippen molar-refractivity contribution in [1.29, 1.82) is 0 Å². The van der Waals surface area contributed by atoms with E-state index in [1.54, 1.807) is 13.8 Å². The topological polar surface area (TPSA) is 87.1 Å². The Hall–Kier alpha value is -0.420. The smallest absolute Gasteiger partial charge is 0.339 e. The first-order valence-electron chi connectivity index (χ1n) is 5.29. The van der Waals surface area contributed by atoms with Crippen LogP contribution in [-0.2, 0) is 14.1 Å². The van der Waals surface area contributed by atoms with Crippen LogP contribution in [0.25, 0.3) is 0 Å². The van der Waals surface area contributed by atoms with E-state index < -0.39 is 13.6 Å². The molecule has 0 bridgehead atoms. The Labute approximate surface area is 94.7 Å². The lowest BCUT2D eigenvalue weighted by molar-refractivity contribution is -0.152.